The van der Waals surface area contributed by atoms with Crippen molar-refractivity contribution in [2.45, 2.75) is 30.1 Å². The van der Waals surface area contributed by atoms with Crippen LogP contribution in [-0.2, 0) is 16.6 Å². The minimum absolute atomic E-state index is 0. The highest BCUT2D eigenvalue weighted by Crippen LogP contribution is 2.20. The SMILES string of the molecule is CN=C(NCc1ccccc1S(=O)(=O)N(C)C)NC1CCN(CC(F)(F)F)C1.I. The van der Waals surface area contributed by atoms with Crippen molar-refractivity contribution in [3.05, 3.63) is 29.8 Å². The van der Waals surface area contributed by atoms with Crippen molar-refractivity contribution in [1.82, 2.24) is 19.8 Å². The van der Waals surface area contributed by atoms with Crippen molar-refractivity contribution in [3.63, 3.8) is 0 Å². The van der Waals surface area contributed by atoms with Gasteiger partial charge in [0.1, 0.15) is 0 Å². The minimum Gasteiger partial charge on any atom is -0.352 e. The maximum Gasteiger partial charge on any atom is 0.401 e. The fourth-order valence-electron chi connectivity index (χ4n) is 3.01. The van der Waals surface area contributed by atoms with E-state index >= 15 is 0 Å². The second-order valence-electron chi connectivity index (χ2n) is 6.80. The molecule has 12 heteroatoms. The maximum atomic E-state index is 12.5. The molecule has 7 nitrogen and oxygen atoms in total. The van der Waals surface area contributed by atoms with Gasteiger partial charge in [-0.05, 0) is 18.1 Å². The Morgan fingerprint density at radius 2 is 1.97 bits per heavy atom. The molecular weight excluding hydrogens is 522 g/mol. The van der Waals surface area contributed by atoms with Gasteiger partial charge < -0.3 is 10.6 Å². The second kappa shape index (κ2) is 10.8. The van der Waals surface area contributed by atoms with E-state index in [1.54, 1.807) is 25.2 Å². The largest absolute Gasteiger partial charge is 0.401 e. The van der Waals surface area contributed by atoms with Gasteiger partial charge in [0.15, 0.2) is 5.96 Å². The molecular formula is C17H27F3IN5O2S. The highest BCUT2D eigenvalue weighted by atomic mass is 127. The zero-order chi connectivity index (χ0) is 20.9. The standard InChI is InChI=1S/C17H26F3N5O2S.HI/c1-21-16(23-14-8-9-25(11-14)12-17(18,19)20)22-10-13-6-4-5-7-15(13)28(26,27)24(2)3;/h4-7,14H,8-12H2,1-3H3,(H2,21,22,23);1H. The third kappa shape index (κ3) is 7.57. The van der Waals surface area contributed by atoms with E-state index in [4.69, 9.17) is 0 Å². The van der Waals surface area contributed by atoms with Crippen molar-refractivity contribution >= 4 is 40.0 Å². The lowest BCUT2D eigenvalue weighted by Crippen LogP contribution is -2.45. The van der Waals surface area contributed by atoms with Crippen LogP contribution in [0.4, 0.5) is 13.2 Å². The second-order valence-corrected chi connectivity index (χ2v) is 8.92. The highest BCUT2D eigenvalue weighted by Gasteiger charge is 2.34. The molecule has 1 saturated heterocycles. The van der Waals surface area contributed by atoms with Crippen LogP contribution in [0.2, 0.25) is 0 Å². The molecule has 1 unspecified atom stereocenters. The molecule has 1 atom stereocenters. The van der Waals surface area contributed by atoms with E-state index in [1.165, 1.54) is 25.1 Å². The first-order chi connectivity index (χ1) is 13.0. The van der Waals surface area contributed by atoms with E-state index in [1.807, 2.05) is 0 Å². The Morgan fingerprint density at radius 3 is 2.55 bits per heavy atom. The van der Waals surface area contributed by atoms with Crippen molar-refractivity contribution in [2.24, 2.45) is 4.99 Å². The monoisotopic (exact) mass is 549 g/mol. The summed E-state index contributed by atoms with van der Waals surface area (Å²) in [7, 11) is 0.897. The smallest absolute Gasteiger partial charge is 0.352 e. The lowest BCUT2D eigenvalue weighted by atomic mass is 10.2. The Labute approximate surface area is 186 Å². The van der Waals surface area contributed by atoms with Crippen molar-refractivity contribution < 1.29 is 21.6 Å². The number of hydrogen-bond donors (Lipinski definition) is 2. The summed E-state index contributed by atoms with van der Waals surface area (Å²) in [5.41, 5.74) is 0.573. The molecule has 2 N–H and O–H groups in total. The summed E-state index contributed by atoms with van der Waals surface area (Å²) in [6, 6.07) is 6.48. The molecule has 0 amide bonds. The van der Waals surface area contributed by atoms with Gasteiger partial charge in [0.25, 0.3) is 0 Å². The number of aliphatic imine (C=N–C) groups is 1. The number of hydrogen-bond acceptors (Lipinski definition) is 4. The van der Waals surface area contributed by atoms with Gasteiger partial charge in [0.2, 0.25) is 10.0 Å². The molecule has 1 heterocycles. The number of sulfonamides is 1. The van der Waals surface area contributed by atoms with Gasteiger partial charge in [-0.1, -0.05) is 18.2 Å². The zero-order valence-electron chi connectivity index (χ0n) is 16.5. The topological polar surface area (TPSA) is 77.0 Å². The minimum atomic E-state index is -4.21. The highest BCUT2D eigenvalue weighted by molar-refractivity contribution is 14.0. The van der Waals surface area contributed by atoms with Crippen molar-refractivity contribution in [1.29, 1.82) is 0 Å². The first-order valence-corrected chi connectivity index (χ1v) is 10.2. The molecule has 1 aromatic carbocycles. The van der Waals surface area contributed by atoms with Crippen LogP contribution in [0.15, 0.2) is 34.2 Å². The van der Waals surface area contributed by atoms with Crippen LogP contribution < -0.4 is 10.6 Å². The summed E-state index contributed by atoms with van der Waals surface area (Å²) in [4.78, 5) is 5.63. The average molecular weight is 549 g/mol. The number of likely N-dealkylation sites (tertiary alicyclic amines) is 1. The molecule has 0 radical (unpaired) electrons. The number of nitrogens with one attached hydrogen (secondary N) is 2. The fourth-order valence-corrected chi connectivity index (χ4v) is 4.13. The summed E-state index contributed by atoms with van der Waals surface area (Å²) in [6.45, 7) is -0.0846. The van der Waals surface area contributed by atoms with Crippen molar-refractivity contribution in [3.8, 4) is 0 Å². The molecule has 0 aliphatic carbocycles. The zero-order valence-corrected chi connectivity index (χ0v) is 19.7. The van der Waals surface area contributed by atoms with Crippen LogP contribution in [0.1, 0.15) is 12.0 Å². The lowest BCUT2D eigenvalue weighted by Gasteiger charge is -2.20. The van der Waals surface area contributed by atoms with Crippen LogP contribution in [-0.4, -0.2) is 76.6 Å². The van der Waals surface area contributed by atoms with Crippen LogP contribution in [0.3, 0.4) is 0 Å². The lowest BCUT2D eigenvalue weighted by molar-refractivity contribution is -0.143. The van der Waals surface area contributed by atoms with E-state index in [2.05, 4.69) is 15.6 Å². The number of rotatable bonds is 6. The Morgan fingerprint density at radius 1 is 1.31 bits per heavy atom. The first-order valence-electron chi connectivity index (χ1n) is 8.79. The quantitative estimate of drug-likeness (QED) is 0.322. The number of alkyl halides is 3. The van der Waals surface area contributed by atoms with E-state index in [-0.39, 0.29) is 48.0 Å². The van der Waals surface area contributed by atoms with Gasteiger partial charge in [0, 0.05) is 46.8 Å². The van der Waals surface area contributed by atoms with E-state index in [9.17, 15) is 21.6 Å². The van der Waals surface area contributed by atoms with E-state index in [0.717, 1.165) is 4.31 Å². The van der Waals surface area contributed by atoms with E-state index < -0.39 is 22.7 Å². The Hall–Kier alpha value is -1.12. The number of benzene rings is 1. The predicted molar refractivity (Wildman–Crippen MR) is 117 cm³/mol. The number of nitrogens with zero attached hydrogens (tertiary/aromatic N) is 3. The van der Waals surface area contributed by atoms with Gasteiger partial charge in [-0.15, -0.1) is 24.0 Å². The molecule has 166 valence electrons. The molecule has 0 spiro atoms. The van der Waals surface area contributed by atoms with Gasteiger partial charge in [-0.2, -0.15) is 13.2 Å². The molecule has 1 fully saturated rings. The van der Waals surface area contributed by atoms with Gasteiger partial charge >= 0.3 is 6.18 Å². The number of halogens is 4. The summed E-state index contributed by atoms with van der Waals surface area (Å²) in [5.74, 6) is 0.413. The third-order valence-electron chi connectivity index (χ3n) is 4.42. The molecule has 2 rings (SSSR count). The Bertz CT molecular complexity index is 803. The average Bonchev–Trinajstić information content (AvgIpc) is 3.03. The van der Waals surface area contributed by atoms with Gasteiger partial charge in [0.05, 0.1) is 11.4 Å². The fraction of sp³-hybridized carbons (Fsp3) is 0.588. The molecule has 0 aromatic heterocycles. The summed E-state index contributed by atoms with van der Waals surface area (Å²) < 4.78 is 63.6. The molecule has 1 aliphatic rings. The van der Waals surface area contributed by atoms with Crippen LogP contribution >= 0.6 is 24.0 Å². The summed E-state index contributed by atoms with van der Waals surface area (Å²) in [6.07, 6.45) is -3.64. The van der Waals surface area contributed by atoms with Gasteiger partial charge in [-0.3, -0.25) is 9.89 Å². The van der Waals surface area contributed by atoms with Crippen molar-refractivity contribution in [2.75, 3.05) is 40.8 Å². The van der Waals surface area contributed by atoms with Crippen LogP contribution in [0, 0.1) is 0 Å². The summed E-state index contributed by atoms with van der Waals surface area (Å²) in [5, 5.41) is 6.14. The molecule has 0 saturated carbocycles. The first kappa shape index (κ1) is 25.9. The predicted octanol–water partition coefficient (Wildman–Crippen LogP) is 1.86. The molecule has 29 heavy (non-hydrogen) atoms. The maximum absolute atomic E-state index is 12.5. The van der Waals surface area contributed by atoms with Gasteiger partial charge in [-0.25, -0.2) is 12.7 Å². The molecule has 0 bridgehead atoms. The Kier molecular flexibility index (Phi) is 9.63. The third-order valence-corrected chi connectivity index (χ3v) is 6.33. The van der Waals surface area contributed by atoms with Crippen LogP contribution in [0.5, 0.6) is 0 Å². The molecule has 1 aliphatic heterocycles. The van der Waals surface area contributed by atoms with E-state index in [0.29, 0.717) is 24.5 Å². The Balaban J connectivity index is 0.00000420. The summed E-state index contributed by atoms with van der Waals surface area (Å²) >= 11 is 0. The molecule has 1 aromatic rings. The normalized spacial score (nSPS) is 18.6. The van der Waals surface area contributed by atoms with Crippen LogP contribution in [0.25, 0.3) is 0 Å². The number of guanidine groups is 1.